The number of ether oxygens (including phenoxy) is 3. The van der Waals surface area contributed by atoms with E-state index in [0.29, 0.717) is 36.6 Å². The molecule has 0 atom stereocenters. The minimum absolute atomic E-state index is 0.341. The van der Waals surface area contributed by atoms with E-state index in [1.54, 1.807) is 0 Å². The van der Waals surface area contributed by atoms with E-state index in [4.69, 9.17) is 14.2 Å². The van der Waals surface area contributed by atoms with Crippen LogP contribution in [0.25, 0.3) is 0 Å². The molecule has 3 rings (SSSR count). The highest BCUT2D eigenvalue weighted by Crippen LogP contribution is 2.30. The highest BCUT2D eigenvalue weighted by molar-refractivity contribution is 4.85. The van der Waals surface area contributed by atoms with E-state index < -0.39 is 0 Å². The van der Waals surface area contributed by atoms with Crippen molar-refractivity contribution in [3.8, 4) is 0 Å². The number of piperidine rings is 1. The van der Waals surface area contributed by atoms with Gasteiger partial charge in [-0.3, -0.25) is 4.90 Å². The summed E-state index contributed by atoms with van der Waals surface area (Å²) >= 11 is 0. The van der Waals surface area contributed by atoms with E-state index in [-0.39, 0.29) is 0 Å². The third-order valence-electron chi connectivity index (χ3n) is 5.56. The van der Waals surface area contributed by atoms with Crippen molar-refractivity contribution in [1.29, 1.82) is 0 Å². The van der Waals surface area contributed by atoms with Gasteiger partial charge in [0.2, 0.25) is 0 Å². The Bertz CT molecular complexity index is 384. The first-order valence-corrected chi connectivity index (χ1v) is 10.4. The van der Waals surface area contributed by atoms with Crippen molar-refractivity contribution < 1.29 is 14.2 Å². The van der Waals surface area contributed by atoms with E-state index in [9.17, 15) is 0 Å². The summed E-state index contributed by atoms with van der Waals surface area (Å²) in [6.07, 6.45) is 7.06. The molecule has 3 fully saturated rings. The van der Waals surface area contributed by atoms with Crippen LogP contribution in [0.5, 0.6) is 0 Å². The Morgan fingerprint density at radius 2 is 1.28 bits per heavy atom. The molecule has 0 N–H and O–H groups in total. The molecule has 0 radical (unpaired) electrons. The van der Waals surface area contributed by atoms with Crippen LogP contribution in [0.1, 0.15) is 53.4 Å². The maximum Gasteiger partial charge on any atom is 0.0832 e. The van der Waals surface area contributed by atoms with Crippen molar-refractivity contribution in [2.75, 3.05) is 39.3 Å². The Labute approximate surface area is 154 Å². The second-order valence-electron chi connectivity index (χ2n) is 8.64. The van der Waals surface area contributed by atoms with Gasteiger partial charge in [0, 0.05) is 39.3 Å². The molecule has 0 aromatic rings. The van der Waals surface area contributed by atoms with Crippen LogP contribution in [0.3, 0.4) is 0 Å². The standard InChI is InChI=1S/C20H38N2O3/c1-15(2)23-18-11-19(12-18)25-17-5-7-21(8-6-17)9-10-22-13-20(14-22)24-16(3)4/h15-20H,5-14H2,1-4H3. The molecule has 0 spiro atoms. The van der Waals surface area contributed by atoms with Gasteiger partial charge < -0.3 is 19.1 Å². The molecule has 1 saturated carbocycles. The average molecular weight is 355 g/mol. The Morgan fingerprint density at radius 3 is 1.88 bits per heavy atom. The number of likely N-dealkylation sites (tertiary alicyclic amines) is 2. The number of hydrogen-bond acceptors (Lipinski definition) is 5. The van der Waals surface area contributed by atoms with Gasteiger partial charge in [-0.15, -0.1) is 0 Å². The summed E-state index contributed by atoms with van der Waals surface area (Å²) in [7, 11) is 0. The number of nitrogens with zero attached hydrogens (tertiary/aromatic N) is 2. The second-order valence-corrected chi connectivity index (χ2v) is 8.64. The summed E-state index contributed by atoms with van der Waals surface area (Å²) in [5, 5.41) is 0. The van der Waals surface area contributed by atoms with Crippen LogP contribution in [0.4, 0.5) is 0 Å². The van der Waals surface area contributed by atoms with Gasteiger partial charge in [0.1, 0.15) is 0 Å². The largest absolute Gasteiger partial charge is 0.375 e. The van der Waals surface area contributed by atoms with Gasteiger partial charge in [-0.05, 0) is 53.4 Å². The molecule has 2 aliphatic heterocycles. The molecular formula is C20H38N2O3. The summed E-state index contributed by atoms with van der Waals surface area (Å²) in [5.74, 6) is 0. The Morgan fingerprint density at radius 1 is 0.720 bits per heavy atom. The monoisotopic (exact) mass is 354 g/mol. The minimum atomic E-state index is 0.341. The summed E-state index contributed by atoms with van der Waals surface area (Å²) in [4.78, 5) is 5.11. The van der Waals surface area contributed by atoms with Crippen LogP contribution in [0.15, 0.2) is 0 Å². The van der Waals surface area contributed by atoms with Gasteiger partial charge in [0.05, 0.1) is 36.6 Å². The summed E-state index contributed by atoms with van der Waals surface area (Å²) in [6, 6.07) is 0. The normalized spacial score (nSPS) is 30.0. The molecule has 2 saturated heterocycles. The molecule has 0 amide bonds. The molecule has 2 heterocycles. The first kappa shape index (κ1) is 19.6. The van der Waals surface area contributed by atoms with Crippen LogP contribution in [-0.2, 0) is 14.2 Å². The topological polar surface area (TPSA) is 34.2 Å². The Kier molecular flexibility index (Phi) is 7.15. The average Bonchev–Trinajstić information content (AvgIpc) is 2.48. The third-order valence-corrected chi connectivity index (χ3v) is 5.56. The highest BCUT2D eigenvalue weighted by Gasteiger charge is 2.34. The van der Waals surface area contributed by atoms with Crippen LogP contribution < -0.4 is 0 Å². The maximum atomic E-state index is 6.26. The van der Waals surface area contributed by atoms with Gasteiger partial charge in [0.25, 0.3) is 0 Å². The van der Waals surface area contributed by atoms with Crippen molar-refractivity contribution in [2.24, 2.45) is 0 Å². The molecule has 1 aliphatic carbocycles. The van der Waals surface area contributed by atoms with Crippen LogP contribution >= 0.6 is 0 Å². The lowest BCUT2D eigenvalue weighted by atomic mass is 9.91. The van der Waals surface area contributed by atoms with E-state index in [1.165, 1.54) is 39.0 Å². The molecule has 0 unspecified atom stereocenters. The van der Waals surface area contributed by atoms with Crippen LogP contribution in [0, 0.1) is 0 Å². The fourth-order valence-corrected chi connectivity index (χ4v) is 4.12. The molecule has 146 valence electrons. The zero-order valence-electron chi connectivity index (χ0n) is 16.7. The number of rotatable bonds is 9. The second kappa shape index (κ2) is 9.14. The summed E-state index contributed by atoms with van der Waals surface area (Å²) < 4.78 is 17.9. The molecule has 25 heavy (non-hydrogen) atoms. The van der Waals surface area contributed by atoms with E-state index >= 15 is 0 Å². The molecule has 0 bridgehead atoms. The van der Waals surface area contributed by atoms with Crippen molar-refractivity contribution in [3.05, 3.63) is 0 Å². The molecule has 5 heteroatoms. The molecule has 0 aromatic heterocycles. The van der Waals surface area contributed by atoms with E-state index in [0.717, 1.165) is 25.9 Å². The third kappa shape index (κ3) is 6.17. The van der Waals surface area contributed by atoms with Gasteiger partial charge in [-0.2, -0.15) is 0 Å². The zero-order valence-corrected chi connectivity index (χ0v) is 16.7. The zero-order chi connectivity index (χ0) is 17.8. The predicted octanol–water partition coefficient (Wildman–Crippen LogP) is 2.53. The SMILES string of the molecule is CC(C)OC1CC(OC2CCN(CCN3CC(OC(C)C)C3)CC2)C1. The van der Waals surface area contributed by atoms with Gasteiger partial charge in [-0.25, -0.2) is 0 Å². The lowest BCUT2D eigenvalue weighted by Gasteiger charge is -2.42. The first-order valence-electron chi connectivity index (χ1n) is 10.4. The Balaban J connectivity index is 1.21. The van der Waals surface area contributed by atoms with Gasteiger partial charge >= 0.3 is 0 Å². The fraction of sp³-hybridized carbons (Fsp3) is 1.00. The van der Waals surface area contributed by atoms with E-state index in [2.05, 4.69) is 37.5 Å². The van der Waals surface area contributed by atoms with Crippen LogP contribution in [0.2, 0.25) is 0 Å². The summed E-state index contributed by atoms with van der Waals surface area (Å²) in [5.41, 5.74) is 0. The summed E-state index contributed by atoms with van der Waals surface area (Å²) in [6.45, 7) is 15.4. The fourth-order valence-electron chi connectivity index (χ4n) is 4.12. The molecule has 3 aliphatic rings. The van der Waals surface area contributed by atoms with Gasteiger partial charge in [-0.1, -0.05) is 0 Å². The first-order chi connectivity index (χ1) is 12.0. The van der Waals surface area contributed by atoms with Crippen molar-refractivity contribution in [2.45, 2.75) is 90.0 Å². The lowest BCUT2D eigenvalue weighted by molar-refractivity contribution is -0.146. The van der Waals surface area contributed by atoms with Crippen molar-refractivity contribution >= 4 is 0 Å². The molecule has 0 aromatic carbocycles. The highest BCUT2D eigenvalue weighted by atomic mass is 16.5. The van der Waals surface area contributed by atoms with Crippen LogP contribution in [-0.4, -0.2) is 85.7 Å². The quantitative estimate of drug-likeness (QED) is 0.636. The minimum Gasteiger partial charge on any atom is -0.375 e. The Hall–Kier alpha value is -0.200. The van der Waals surface area contributed by atoms with Crippen molar-refractivity contribution in [1.82, 2.24) is 9.80 Å². The predicted molar refractivity (Wildman–Crippen MR) is 100 cm³/mol. The van der Waals surface area contributed by atoms with Gasteiger partial charge in [0.15, 0.2) is 0 Å². The maximum absolute atomic E-state index is 6.26. The smallest absolute Gasteiger partial charge is 0.0832 e. The molecular weight excluding hydrogens is 316 g/mol. The van der Waals surface area contributed by atoms with E-state index in [1.807, 2.05) is 0 Å². The number of hydrogen-bond donors (Lipinski definition) is 0. The molecule has 5 nitrogen and oxygen atoms in total. The van der Waals surface area contributed by atoms with Crippen molar-refractivity contribution in [3.63, 3.8) is 0 Å². The lowest BCUT2D eigenvalue weighted by Crippen LogP contribution is -2.55.